The summed E-state index contributed by atoms with van der Waals surface area (Å²) in [4.78, 5) is 11.3. The molecule has 1 aromatic carbocycles. The van der Waals surface area contributed by atoms with E-state index in [1.165, 1.54) is 19.2 Å². The maximum atomic E-state index is 13.0. The third-order valence-corrected chi connectivity index (χ3v) is 2.31. The summed E-state index contributed by atoms with van der Waals surface area (Å²) in [5.74, 6) is -2.03. The van der Waals surface area contributed by atoms with Gasteiger partial charge in [-0.25, -0.2) is 4.39 Å². The van der Waals surface area contributed by atoms with Crippen LogP contribution >= 0.6 is 0 Å². The standard InChI is InChI=1S/C11H14FNO3/c1-16-11(15)8(6-13)4-7-2-3-10(14)9(12)5-7/h2-3,5,8,14H,4,6,13H2,1H3/t8-/m0/s1. The Hall–Kier alpha value is -1.62. The molecule has 1 atom stereocenters. The molecule has 16 heavy (non-hydrogen) atoms. The molecule has 0 bridgehead atoms. The number of ether oxygens (including phenoxy) is 1. The Bertz CT molecular complexity index is 381. The van der Waals surface area contributed by atoms with Crippen LogP contribution in [0.3, 0.4) is 0 Å². The number of phenols is 1. The first kappa shape index (κ1) is 12.4. The maximum absolute atomic E-state index is 13.0. The summed E-state index contributed by atoms with van der Waals surface area (Å²) in [6, 6.07) is 3.97. The molecule has 0 radical (unpaired) electrons. The van der Waals surface area contributed by atoms with E-state index in [0.717, 1.165) is 0 Å². The maximum Gasteiger partial charge on any atom is 0.310 e. The fourth-order valence-corrected chi connectivity index (χ4v) is 1.39. The van der Waals surface area contributed by atoms with Crippen molar-refractivity contribution in [2.45, 2.75) is 6.42 Å². The van der Waals surface area contributed by atoms with Crippen LogP contribution < -0.4 is 5.73 Å². The average Bonchev–Trinajstić information content (AvgIpc) is 2.29. The van der Waals surface area contributed by atoms with E-state index in [0.29, 0.717) is 12.0 Å². The molecule has 88 valence electrons. The molecular formula is C11H14FNO3. The molecule has 0 aliphatic rings. The van der Waals surface area contributed by atoms with Gasteiger partial charge < -0.3 is 15.6 Å². The van der Waals surface area contributed by atoms with Crippen molar-refractivity contribution in [1.82, 2.24) is 0 Å². The fraction of sp³-hybridized carbons (Fsp3) is 0.364. The Morgan fingerprint density at radius 3 is 2.81 bits per heavy atom. The Kier molecular flexibility index (Phi) is 4.25. The van der Waals surface area contributed by atoms with Gasteiger partial charge in [-0.1, -0.05) is 6.07 Å². The number of phenolic OH excluding ortho intramolecular Hbond substituents is 1. The van der Waals surface area contributed by atoms with Crippen LogP contribution in [-0.4, -0.2) is 24.7 Å². The summed E-state index contributed by atoms with van der Waals surface area (Å²) >= 11 is 0. The van der Waals surface area contributed by atoms with E-state index in [1.807, 2.05) is 0 Å². The number of carbonyl (C=O) groups excluding carboxylic acids is 1. The van der Waals surface area contributed by atoms with Crippen molar-refractivity contribution in [3.63, 3.8) is 0 Å². The molecule has 0 fully saturated rings. The first-order valence-corrected chi connectivity index (χ1v) is 4.83. The first-order chi connectivity index (χ1) is 7.58. The van der Waals surface area contributed by atoms with Gasteiger partial charge in [-0.05, 0) is 24.1 Å². The summed E-state index contributed by atoms with van der Waals surface area (Å²) in [5.41, 5.74) is 6.01. The summed E-state index contributed by atoms with van der Waals surface area (Å²) in [6.07, 6.45) is 0.292. The summed E-state index contributed by atoms with van der Waals surface area (Å²) in [6.45, 7) is 0.134. The van der Waals surface area contributed by atoms with Crippen LogP contribution in [0.1, 0.15) is 5.56 Å². The highest BCUT2D eigenvalue weighted by Crippen LogP contribution is 2.18. The van der Waals surface area contributed by atoms with Crippen molar-refractivity contribution in [1.29, 1.82) is 0 Å². The minimum absolute atomic E-state index is 0.134. The number of aromatic hydroxyl groups is 1. The van der Waals surface area contributed by atoms with E-state index in [1.54, 1.807) is 6.07 Å². The number of carbonyl (C=O) groups is 1. The van der Waals surface area contributed by atoms with Gasteiger partial charge in [0.05, 0.1) is 13.0 Å². The topological polar surface area (TPSA) is 72.5 Å². The Balaban J connectivity index is 2.78. The average molecular weight is 227 g/mol. The lowest BCUT2D eigenvalue weighted by atomic mass is 9.99. The van der Waals surface area contributed by atoms with E-state index >= 15 is 0 Å². The third-order valence-electron chi connectivity index (χ3n) is 2.31. The minimum Gasteiger partial charge on any atom is -0.505 e. The smallest absolute Gasteiger partial charge is 0.310 e. The second-order valence-corrected chi connectivity index (χ2v) is 3.45. The highest BCUT2D eigenvalue weighted by atomic mass is 19.1. The van der Waals surface area contributed by atoms with E-state index in [9.17, 15) is 9.18 Å². The molecule has 4 nitrogen and oxygen atoms in total. The number of benzene rings is 1. The van der Waals surface area contributed by atoms with Crippen LogP contribution in [0.4, 0.5) is 4.39 Å². The van der Waals surface area contributed by atoms with Crippen LogP contribution in [0.5, 0.6) is 5.75 Å². The van der Waals surface area contributed by atoms with E-state index in [4.69, 9.17) is 10.8 Å². The zero-order chi connectivity index (χ0) is 12.1. The van der Waals surface area contributed by atoms with Gasteiger partial charge in [-0.2, -0.15) is 0 Å². The zero-order valence-electron chi connectivity index (χ0n) is 8.94. The molecule has 1 aromatic rings. The van der Waals surface area contributed by atoms with Crippen molar-refractivity contribution < 1.29 is 19.0 Å². The minimum atomic E-state index is -0.710. The predicted molar refractivity (Wildman–Crippen MR) is 56.3 cm³/mol. The van der Waals surface area contributed by atoms with Gasteiger partial charge in [0.2, 0.25) is 0 Å². The number of hydrogen-bond acceptors (Lipinski definition) is 4. The Morgan fingerprint density at radius 1 is 1.62 bits per heavy atom. The quantitative estimate of drug-likeness (QED) is 0.747. The van der Waals surface area contributed by atoms with Gasteiger partial charge in [0, 0.05) is 6.54 Å². The van der Waals surface area contributed by atoms with Crippen LogP contribution in [0.2, 0.25) is 0 Å². The lowest BCUT2D eigenvalue weighted by Crippen LogP contribution is -2.26. The monoisotopic (exact) mass is 227 g/mol. The molecule has 0 aliphatic carbocycles. The van der Waals surface area contributed by atoms with Crippen molar-refractivity contribution in [3.05, 3.63) is 29.6 Å². The van der Waals surface area contributed by atoms with E-state index in [2.05, 4.69) is 4.74 Å². The Morgan fingerprint density at radius 2 is 2.31 bits per heavy atom. The van der Waals surface area contributed by atoms with Crippen LogP contribution in [0.15, 0.2) is 18.2 Å². The largest absolute Gasteiger partial charge is 0.505 e. The van der Waals surface area contributed by atoms with Gasteiger partial charge in [-0.3, -0.25) is 4.79 Å². The van der Waals surface area contributed by atoms with E-state index < -0.39 is 23.5 Å². The lowest BCUT2D eigenvalue weighted by Gasteiger charge is -2.12. The number of esters is 1. The number of halogens is 1. The van der Waals surface area contributed by atoms with Gasteiger partial charge in [0.15, 0.2) is 11.6 Å². The van der Waals surface area contributed by atoms with Gasteiger partial charge in [0.1, 0.15) is 0 Å². The molecule has 0 saturated carbocycles. The molecule has 0 spiro atoms. The number of methoxy groups -OCH3 is 1. The van der Waals surface area contributed by atoms with Gasteiger partial charge in [0.25, 0.3) is 0 Å². The first-order valence-electron chi connectivity index (χ1n) is 4.83. The van der Waals surface area contributed by atoms with Crippen LogP contribution in [0, 0.1) is 11.7 Å². The molecule has 0 amide bonds. The SMILES string of the molecule is COC(=O)[C@H](CN)Cc1ccc(O)c(F)c1. The third kappa shape index (κ3) is 2.93. The summed E-state index contributed by atoms with van der Waals surface area (Å²) in [7, 11) is 1.28. The molecule has 5 heteroatoms. The second kappa shape index (κ2) is 5.46. The number of nitrogens with two attached hydrogens (primary N) is 1. The number of hydrogen-bond donors (Lipinski definition) is 2. The highest BCUT2D eigenvalue weighted by molar-refractivity contribution is 5.72. The summed E-state index contributed by atoms with van der Waals surface area (Å²) in [5, 5.41) is 9.00. The second-order valence-electron chi connectivity index (χ2n) is 3.45. The van der Waals surface area contributed by atoms with Crippen molar-refractivity contribution in [2.75, 3.05) is 13.7 Å². The molecule has 3 N–H and O–H groups in total. The molecule has 1 rings (SSSR count). The van der Waals surface area contributed by atoms with Gasteiger partial charge in [-0.15, -0.1) is 0 Å². The summed E-state index contributed by atoms with van der Waals surface area (Å²) < 4.78 is 17.6. The van der Waals surface area contributed by atoms with Crippen LogP contribution in [-0.2, 0) is 16.0 Å². The molecule has 0 aliphatic heterocycles. The van der Waals surface area contributed by atoms with Crippen molar-refractivity contribution >= 4 is 5.97 Å². The van der Waals surface area contributed by atoms with Gasteiger partial charge >= 0.3 is 5.97 Å². The van der Waals surface area contributed by atoms with E-state index in [-0.39, 0.29) is 6.54 Å². The molecule has 0 aromatic heterocycles. The zero-order valence-corrected chi connectivity index (χ0v) is 8.94. The molecular weight excluding hydrogens is 213 g/mol. The highest BCUT2D eigenvalue weighted by Gasteiger charge is 2.18. The Labute approximate surface area is 92.8 Å². The normalized spacial score (nSPS) is 12.2. The van der Waals surface area contributed by atoms with Crippen LogP contribution in [0.25, 0.3) is 0 Å². The molecule has 0 heterocycles. The molecule has 0 saturated heterocycles. The predicted octanol–water partition coefficient (Wildman–Crippen LogP) is 0.822. The lowest BCUT2D eigenvalue weighted by molar-refractivity contribution is -0.145. The number of rotatable bonds is 4. The van der Waals surface area contributed by atoms with Crippen molar-refractivity contribution in [3.8, 4) is 5.75 Å². The fourth-order valence-electron chi connectivity index (χ4n) is 1.39. The molecule has 0 unspecified atom stereocenters. The van der Waals surface area contributed by atoms with Crippen molar-refractivity contribution in [2.24, 2.45) is 11.7 Å².